The van der Waals surface area contributed by atoms with Crippen molar-refractivity contribution in [3.8, 4) is 0 Å². The SMILES string of the molecule is O=[N+]([O-])c1cc(CP(c2ccccc2)c2ccccc2)ccc1F. The first-order chi connectivity index (χ1) is 11.6. The highest BCUT2D eigenvalue weighted by molar-refractivity contribution is 7.72. The summed E-state index contributed by atoms with van der Waals surface area (Å²) in [6.45, 7) is 0. The van der Waals surface area contributed by atoms with E-state index in [1.54, 1.807) is 6.07 Å². The molecule has 0 saturated carbocycles. The smallest absolute Gasteiger partial charge is 0.258 e. The number of rotatable bonds is 5. The molecule has 5 heteroatoms. The van der Waals surface area contributed by atoms with E-state index in [0.717, 1.165) is 5.56 Å². The van der Waals surface area contributed by atoms with Crippen molar-refractivity contribution in [3.63, 3.8) is 0 Å². The van der Waals surface area contributed by atoms with Gasteiger partial charge in [0.15, 0.2) is 0 Å². The molecule has 0 fully saturated rings. The number of nitro benzene ring substituents is 1. The molecule has 0 amide bonds. The Hall–Kier alpha value is -2.58. The molecule has 0 aliphatic carbocycles. The Balaban J connectivity index is 1.99. The first kappa shape index (κ1) is 16.3. The van der Waals surface area contributed by atoms with Gasteiger partial charge in [0, 0.05) is 12.2 Å². The molecule has 0 aromatic heterocycles. The van der Waals surface area contributed by atoms with Crippen molar-refractivity contribution in [2.24, 2.45) is 0 Å². The molecule has 0 unspecified atom stereocenters. The number of halogens is 1. The Morgan fingerprint density at radius 3 is 1.92 bits per heavy atom. The highest BCUT2D eigenvalue weighted by atomic mass is 31.1. The standard InChI is InChI=1S/C19H15FNO2P/c20-18-12-11-15(13-19(18)21(22)23)14-24(16-7-3-1-4-8-16)17-9-5-2-6-10-17/h1-13H,14H2. The molecule has 0 atom stereocenters. The second-order valence-corrected chi connectivity index (χ2v) is 7.51. The summed E-state index contributed by atoms with van der Waals surface area (Å²) in [5.74, 6) is -0.799. The highest BCUT2D eigenvalue weighted by Gasteiger charge is 2.18. The number of hydrogen-bond donors (Lipinski definition) is 0. The van der Waals surface area contributed by atoms with Crippen molar-refractivity contribution < 1.29 is 9.31 Å². The number of hydrogen-bond acceptors (Lipinski definition) is 2. The van der Waals surface area contributed by atoms with Crippen LogP contribution >= 0.6 is 7.92 Å². The number of nitrogens with zero attached hydrogens (tertiary/aromatic N) is 1. The molecule has 3 aromatic carbocycles. The molecular formula is C19H15FNO2P. The lowest BCUT2D eigenvalue weighted by Gasteiger charge is -2.19. The van der Waals surface area contributed by atoms with Crippen LogP contribution in [0.15, 0.2) is 78.9 Å². The average molecular weight is 339 g/mol. The second kappa shape index (κ2) is 7.33. The predicted octanol–water partition coefficient (Wildman–Crippen LogP) is 4.37. The highest BCUT2D eigenvalue weighted by Crippen LogP contribution is 2.38. The topological polar surface area (TPSA) is 43.1 Å². The fourth-order valence-corrected chi connectivity index (χ4v) is 4.82. The summed E-state index contributed by atoms with van der Waals surface area (Å²) in [6.07, 6.45) is 0.629. The summed E-state index contributed by atoms with van der Waals surface area (Å²) < 4.78 is 13.6. The van der Waals surface area contributed by atoms with Crippen LogP contribution in [0.3, 0.4) is 0 Å². The van der Waals surface area contributed by atoms with E-state index in [1.165, 1.54) is 22.7 Å². The van der Waals surface area contributed by atoms with Gasteiger partial charge in [0.25, 0.3) is 0 Å². The molecular weight excluding hydrogens is 324 g/mol. The molecule has 0 heterocycles. The molecule has 0 aliphatic rings. The zero-order valence-corrected chi connectivity index (χ0v) is 13.7. The molecule has 120 valence electrons. The van der Waals surface area contributed by atoms with Gasteiger partial charge in [-0.3, -0.25) is 10.1 Å². The summed E-state index contributed by atoms with van der Waals surface area (Å²) >= 11 is 0. The van der Waals surface area contributed by atoms with Gasteiger partial charge in [-0.1, -0.05) is 66.7 Å². The zero-order chi connectivity index (χ0) is 16.9. The van der Waals surface area contributed by atoms with E-state index in [2.05, 4.69) is 24.3 Å². The van der Waals surface area contributed by atoms with Gasteiger partial charge in [-0.05, 0) is 30.2 Å². The van der Waals surface area contributed by atoms with Gasteiger partial charge in [-0.15, -0.1) is 0 Å². The molecule has 0 radical (unpaired) electrons. The second-order valence-electron chi connectivity index (χ2n) is 5.30. The van der Waals surface area contributed by atoms with Crippen molar-refractivity contribution in [2.75, 3.05) is 0 Å². The minimum Gasteiger partial charge on any atom is -0.258 e. The molecule has 24 heavy (non-hydrogen) atoms. The average Bonchev–Trinajstić information content (AvgIpc) is 2.62. The van der Waals surface area contributed by atoms with Gasteiger partial charge in [0.2, 0.25) is 5.82 Å². The maximum absolute atomic E-state index is 13.6. The molecule has 0 aliphatic heterocycles. The fraction of sp³-hybridized carbons (Fsp3) is 0.0526. The Morgan fingerprint density at radius 1 is 0.875 bits per heavy atom. The van der Waals surface area contributed by atoms with E-state index in [-0.39, 0.29) is 0 Å². The van der Waals surface area contributed by atoms with Crippen molar-refractivity contribution in [2.45, 2.75) is 6.16 Å². The molecule has 0 bridgehead atoms. The van der Waals surface area contributed by atoms with Crippen LogP contribution < -0.4 is 10.6 Å². The van der Waals surface area contributed by atoms with E-state index < -0.39 is 24.3 Å². The molecule has 3 nitrogen and oxygen atoms in total. The molecule has 0 spiro atoms. The molecule has 0 N–H and O–H groups in total. The van der Waals surface area contributed by atoms with Crippen molar-refractivity contribution in [1.82, 2.24) is 0 Å². The third-order valence-electron chi connectivity index (χ3n) is 3.68. The summed E-state index contributed by atoms with van der Waals surface area (Å²) in [5, 5.41) is 13.3. The monoisotopic (exact) mass is 339 g/mol. The van der Waals surface area contributed by atoms with Crippen LogP contribution in [0.25, 0.3) is 0 Å². The largest absolute Gasteiger partial charge is 0.305 e. The minimum absolute atomic E-state index is 0.469. The Kier molecular flexibility index (Phi) is 4.97. The van der Waals surface area contributed by atoms with E-state index in [9.17, 15) is 14.5 Å². The van der Waals surface area contributed by atoms with Gasteiger partial charge >= 0.3 is 5.69 Å². The first-order valence-electron chi connectivity index (χ1n) is 7.45. The van der Waals surface area contributed by atoms with Crippen LogP contribution in [-0.2, 0) is 6.16 Å². The quantitative estimate of drug-likeness (QED) is 0.394. The lowest BCUT2D eigenvalue weighted by molar-refractivity contribution is -0.387. The minimum atomic E-state index is -0.799. The van der Waals surface area contributed by atoms with Crippen LogP contribution in [0.5, 0.6) is 0 Å². The molecule has 3 aromatic rings. The number of benzene rings is 3. The van der Waals surface area contributed by atoms with Crippen molar-refractivity contribution in [3.05, 3.63) is 100 Å². The van der Waals surface area contributed by atoms with Gasteiger partial charge in [0.05, 0.1) is 4.92 Å². The lowest BCUT2D eigenvalue weighted by atomic mass is 10.2. The Morgan fingerprint density at radius 2 is 1.42 bits per heavy atom. The number of nitro groups is 1. The third kappa shape index (κ3) is 3.66. The van der Waals surface area contributed by atoms with Crippen LogP contribution in [0.4, 0.5) is 10.1 Å². The van der Waals surface area contributed by atoms with Crippen molar-refractivity contribution >= 4 is 24.2 Å². The van der Waals surface area contributed by atoms with E-state index in [4.69, 9.17) is 0 Å². The maximum atomic E-state index is 13.6. The van der Waals surface area contributed by atoms with Gasteiger partial charge in [-0.2, -0.15) is 4.39 Å². The van der Waals surface area contributed by atoms with Gasteiger partial charge in [-0.25, -0.2) is 0 Å². The molecule has 3 rings (SSSR count). The van der Waals surface area contributed by atoms with Crippen molar-refractivity contribution in [1.29, 1.82) is 0 Å². The summed E-state index contributed by atoms with van der Waals surface area (Å²) in [6, 6.07) is 24.3. The zero-order valence-electron chi connectivity index (χ0n) is 12.8. The summed E-state index contributed by atoms with van der Waals surface area (Å²) in [5.41, 5.74) is 0.297. The van der Waals surface area contributed by atoms with Crippen LogP contribution in [0, 0.1) is 15.9 Å². The Labute approximate surface area is 140 Å². The van der Waals surface area contributed by atoms with Crippen LogP contribution in [-0.4, -0.2) is 4.92 Å². The van der Waals surface area contributed by atoms with Crippen LogP contribution in [0.2, 0.25) is 0 Å². The van der Waals surface area contributed by atoms with E-state index >= 15 is 0 Å². The van der Waals surface area contributed by atoms with E-state index in [1.807, 2.05) is 36.4 Å². The summed E-state index contributed by atoms with van der Waals surface area (Å²) in [4.78, 5) is 10.3. The van der Waals surface area contributed by atoms with Gasteiger partial charge in [0.1, 0.15) is 0 Å². The fourth-order valence-electron chi connectivity index (χ4n) is 2.53. The Bertz CT molecular complexity index is 801. The molecule has 0 saturated heterocycles. The van der Waals surface area contributed by atoms with Gasteiger partial charge < -0.3 is 0 Å². The van der Waals surface area contributed by atoms with E-state index in [0.29, 0.717) is 6.16 Å². The first-order valence-corrected chi connectivity index (χ1v) is 8.98. The lowest BCUT2D eigenvalue weighted by Crippen LogP contribution is -2.13. The van der Waals surface area contributed by atoms with Crippen LogP contribution in [0.1, 0.15) is 5.56 Å². The summed E-state index contributed by atoms with van der Waals surface area (Å²) in [7, 11) is -0.714. The predicted molar refractivity (Wildman–Crippen MR) is 95.8 cm³/mol. The third-order valence-corrected chi connectivity index (χ3v) is 6.21. The maximum Gasteiger partial charge on any atom is 0.305 e. The normalized spacial score (nSPS) is 10.8.